The Hall–Kier alpha value is -2.20. The Kier molecular flexibility index (Phi) is 4.85. The number of nitrogens with zero attached hydrogens (tertiary/aromatic N) is 1. The SMILES string of the molecule is Cc1ccc(NC(=O)C(CN)Cc2ccccc2)cn1. The number of pyridine rings is 1. The van der Waals surface area contributed by atoms with Gasteiger partial charge in [0.2, 0.25) is 5.91 Å². The molecule has 3 N–H and O–H groups in total. The Bertz CT molecular complexity index is 552. The molecule has 1 amide bonds. The lowest BCUT2D eigenvalue weighted by atomic mass is 9.98. The van der Waals surface area contributed by atoms with Crippen molar-refractivity contribution in [2.24, 2.45) is 11.7 Å². The van der Waals surface area contributed by atoms with Crippen molar-refractivity contribution in [3.63, 3.8) is 0 Å². The highest BCUT2D eigenvalue weighted by Crippen LogP contribution is 2.12. The molecule has 0 radical (unpaired) electrons. The minimum absolute atomic E-state index is 0.0676. The van der Waals surface area contributed by atoms with Crippen LogP contribution in [-0.4, -0.2) is 17.4 Å². The zero-order chi connectivity index (χ0) is 14.4. The molecule has 1 aromatic carbocycles. The van der Waals surface area contributed by atoms with Crippen molar-refractivity contribution in [3.05, 3.63) is 59.9 Å². The van der Waals surface area contributed by atoms with Crippen molar-refractivity contribution in [2.45, 2.75) is 13.3 Å². The second-order valence-corrected chi connectivity index (χ2v) is 4.80. The lowest BCUT2D eigenvalue weighted by Crippen LogP contribution is -2.31. The third-order valence-electron chi connectivity index (χ3n) is 3.16. The second kappa shape index (κ2) is 6.82. The molecule has 0 saturated heterocycles. The molecule has 1 heterocycles. The van der Waals surface area contributed by atoms with E-state index in [2.05, 4.69) is 10.3 Å². The first-order chi connectivity index (χ1) is 9.69. The molecular formula is C16H19N3O. The van der Waals surface area contributed by atoms with E-state index in [1.54, 1.807) is 6.20 Å². The van der Waals surface area contributed by atoms with Crippen molar-refractivity contribution in [1.82, 2.24) is 4.98 Å². The van der Waals surface area contributed by atoms with E-state index < -0.39 is 0 Å². The molecule has 20 heavy (non-hydrogen) atoms. The number of nitrogens with one attached hydrogen (secondary N) is 1. The highest BCUT2D eigenvalue weighted by molar-refractivity contribution is 5.92. The maximum Gasteiger partial charge on any atom is 0.229 e. The Morgan fingerprint density at radius 3 is 2.60 bits per heavy atom. The summed E-state index contributed by atoms with van der Waals surface area (Å²) < 4.78 is 0. The monoisotopic (exact) mass is 269 g/mol. The highest BCUT2D eigenvalue weighted by atomic mass is 16.1. The maximum absolute atomic E-state index is 12.2. The van der Waals surface area contributed by atoms with Crippen LogP contribution in [-0.2, 0) is 11.2 Å². The first kappa shape index (κ1) is 14.2. The number of aryl methyl sites for hydroxylation is 1. The smallest absolute Gasteiger partial charge is 0.229 e. The highest BCUT2D eigenvalue weighted by Gasteiger charge is 2.17. The topological polar surface area (TPSA) is 68.0 Å². The third kappa shape index (κ3) is 3.90. The van der Waals surface area contributed by atoms with Gasteiger partial charge in [-0.3, -0.25) is 9.78 Å². The van der Waals surface area contributed by atoms with Gasteiger partial charge in [-0.2, -0.15) is 0 Å². The molecule has 4 heteroatoms. The summed E-state index contributed by atoms with van der Waals surface area (Å²) in [6.07, 6.45) is 2.30. The van der Waals surface area contributed by atoms with Crippen molar-refractivity contribution in [2.75, 3.05) is 11.9 Å². The average Bonchev–Trinajstić information content (AvgIpc) is 2.48. The Balaban J connectivity index is 2.00. The number of carbonyl (C=O) groups is 1. The number of aromatic nitrogens is 1. The van der Waals surface area contributed by atoms with Gasteiger partial charge in [-0.05, 0) is 31.0 Å². The largest absolute Gasteiger partial charge is 0.330 e. The van der Waals surface area contributed by atoms with Crippen molar-refractivity contribution >= 4 is 11.6 Å². The Morgan fingerprint density at radius 2 is 2.00 bits per heavy atom. The molecular weight excluding hydrogens is 250 g/mol. The fraction of sp³-hybridized carbons (Fsp3) is 0.250. The summed E-state index contributed by atoms with van der Waals surface area (Å²) in [6, 6.07) is 13.6. The van der Waals surface area contributed by atoms with E-state index in [4.69, 9.17) is 5.73 Å². The number of rotatable bonds is 5. The van der Waals surface area contributed by atoms with E-state index >= 15 is 0 Å². The number of hydrogen-bond acceptors (Lipinski definition) is 3. The molecule has 0 aliphatic heterocycles. The zero-order valence-corrected chi connectivity index (χ0v) is 11.5. The molecule has 0 spiro atoms. The van der Waals surface area contributed by atoms with Crippen LogP contribution in [0.15, 0.2) is 48.7 Å². The Labute approximate surface area is 119 Å². The molecule has 4 nitrogen and oxygen atoms in total. The van der Waals surface area contributed by atoms with Crippen molar-refractivity contribution in [1.29, 1.82) is 0 Å². The first-order valence-electron chi connectivity index (χ1n) is 6.66. The minimum Gasteiger partial charge on any atom is -0.330 e. The summed E-state index contributed by atoms with van der Waals surface area (Å²) in [5, 5.41) is 2.86. The van der Waals surface area contributed by atoms with E-state index in [0.717, 1.165) is 11.3 Å². The number of anilines is 1. The predicted octanol–water partition coefficient (Wildman–Crippen LogP) is 2.15. The lowest BCUT2D eigenvalue weighted by Gasteiger charge is -2.15. The molecule has 1 atom stereocenters. The van der Waals surface area contributed by atoms with Crippen LogP contribution in [0.25, 0.3) is 0 Å². The number of hydrogen-bond donors (Lipinski definition) is 2. The lowest BCUT2D eigenvalue weighted by molar-refractivity contribution is -0.119. The summed E-state index contributed by atoms with van der Waals surface area (Å²) in [7, 11) is 0. The summed E-state index contributed by atoms with van der Waals surface area (Å²) in [4.78, 5) is 16.4. The van der Waals surface area contributed by atoms with Crippen LogP contribution < -0.4 is 11.1 Å². The fourth-order valence-corrected chi connectivity index (χ4v) is 1.97. The van der Waals surface area contributed by atoms with Gasteiger partial charge in [-0.25, -0.2) is 0 Å². The quantitative estimate of drug-likeness (QED) is 0.874. The number of nitrogens with two attached hydrogens (primary N) is 1. The van der Waals surface area contributed by atoms with Crippen LogP contribution in [0.2, 0.25) is 0 Å². The van der Waals surface area contributed by atoms with Gasteiger partial charge in [0, 0.05) is 12.2 Å². The van der Waals surface area contributed by atoms with Gasteiger partial charge < -0.3 is 11.1 Å². The zero-order valence-electron chi connectivity index (χ0n) is 11.5. The molecule has 0 aliphatic rings. The van der Waals surface area contributed by atoms with Gasteiger partial charge in [-0.15, -0.1) is 0 Å². The van der Waals surface area contributed by atoms with E-state index in [0.29, 0.717) is 18.7 Å². The van der Waals surface area contributed by atoms with Crippen LogP contribution in [0.4, 0.5) is 5.69 Å². The van der Waals surface area contributed by atoms with Crippen LogP contribution in [0.1, 0.15) is 11.3 Å². The molecule has 104 valence electrons. The van der Waals surface area contributed by atoms with Gasteiger partial charge >= 0.3 is 0 Å². The summed E-state index contributed by atoms with van der Waals surface area (Å²) in [5.41, 5.74) is 8.45. The van der Waals surface area contributed by atoms with Gasteiger partial charge in [0.05, 0.1) is 17.8 Å². The van der Waals surface area contributed by atoms with Crippen LogP contribution in [0, 0.1) is 12.8 Å². The van der Waals surface area contributed by atoms with Crippen molar-refractivity contribution < 1.29 is 4.79 Å². The third-order valence-corrected chi connectivity index (χ3v) is 3.16. The van der Waals surface area contributed by atoms with Gasteiger partial charge in [-0.1, -0.05) is 30.3 Å². The number of carbonyl (C=O) groups excluding carboxylic acids is 1. The summed E-state index contributed by atoms with van der Waals surface area (Å²) in [5.74, 6) is -0.305. The molecule has 2 aromatic rings. The van der Waals surface area contributed by atoms with Gasteiger partial charge in [0.25, 0.3) is 0 Å². The van der Waals surface area contributed by atoms with E-state index in [1.807, 2.05) is 49.4 Å². The first-order valence-corrected chi connectivity index (χ1v) is 6.66. The summed E-state index contributed by atoms with van der Waals surface area (Å²) in [6.45, 7) is 2.23. The molecule has 0 bridgehead atoms. The van der Waals surface area contributed by atoms with Gasteiger partial charge in [0.1, 0.15) is 0 Å². The van der Waals surface area contributed by atoms with Crippen LogP contribution >= 0.6 is 0 Å². The molecule has 0 fully saturated rings. The maximum atomic E-state index is 12.2. The van der Waals surface area contributed by atoms with E-state index in [1.165, 1.54) is 0 Å². The van der Waals surface area contributed by atoms with Crippen LogP contribution in [0.5, 0.6) is 0 Å². The Morgan fingerprint density at radius 1 is 1.25 bits per heavy atom. The molecule has 2 rings (SSSR count). The number of benzene rings is 1. The fourth-order valence-electron chi connectivity index (χ4n) is 1.97. The number of amides is 1. The molecule has 0 saturated carbocycles. The predicted molar refractivity (Wildman–Crippen MR) is 80.3 cm³/mol. The minimum atomic E-state index is -0.237. The summed E-state index contributed by atoms with van der Waals surface area (Å²) >= 11 is 0. The van der Waals surface area contributed by atoms with E-state index in [-0.39, 0.29) is 11.8 Å². The normalized spacial score (nSPS) is 11.9. The molecule has 0 aliphatic carbocycles. The molecule has 1 aromatic heterocycles. The van der Waals surface area contributed by atoms with E-state index in [9.17, 15) is 4.79 Å². The molecule has 1 unspecified atom stereocenters. The average molecular weight is 269 g/mol. The van der Waals surface area contributed by atoms with Gasteiger partial charge in [0.15, 0.2) is 0 Å². The second-order valence-electron chi connectivity index (χ2n) is 4.80. The van der Waals surface area contributed by atoms with Crippen LogP contribution in [0.3, 0.4) is 0 Å². The van der Waals surface area contributed by atoms with Crippen molar-refractivity contribution in [3.8, 4) is 0 Å². The standard InChI is InChI=1S/C16H19N3O/c1-12-7-8-15(11-18-12)19-16(20)14(10-17)9-13-5-3-2-4-6-13/h2-8,11,14H,9-10,17H2,1H3,(H,19,20).